The molecule has 3 N–H and O–H groups in total. The second-order valence-electron chi connectivity index (χ2n) is 3.78. The second kappa shape index (κ2) is 6.44. The topological polar surface area (TPSA) is 64.3 Å². The van der Waals surface area contributed by atoms with Gasteiger partial charge in [-0.05, 0) is 12.8 Å². The van der Waals surface area contributed by atoms with Crippen LogP contribution in [-0.4, -0.2) is 31.2 Å². The molecule has 2 unspecified atom stereocenters. The first-order valence-corrected chi connectivity index (χ1v) is 5.31. The van der Waals surface area contributed by atoms with Gasteiger partial charge in [-0.3, -0.25) is 4.79 Å². The van der Waals surface area contributed by atoms with Gasteiger partial charge in [0, 0.05) is 6.04 Å². The number of amides is 1. The Bertz CT molecular complexity index is 247. The Balaban J connectivity index is 2.18. The van der Waals surface area contributed by atoms with Crippen molar-refractivity contribution in [2.24, 2.45) is 5.73 Å². The van der Waals surface area contributed by atoms with Gasteiger partial charge in [0.1, 0.15) is 6.61 Å². The van der Waals surface area contributed by atoms with Crippen LogP contribution in [-0.2, 0) is 9.53 Å². The molecule has 4 nitrogen and oxygen atoms in total. The molecule has 0 aromatic rings. The Morgan fingerprint density at radius 1 is 1.53 bits per heavy atom. The summed E-state index contributed by atoms with van der Waals surface area (Å²) in [4.78, 5) is 11.2. The van der Waals surface area contributed by atoms with E-state index in [4.69, 9.17) is 16.9 Å². The fraction of sp³-hybridized carbons (Fsp3) is 0.727. The maximum Gasteiger partial charge on any atom is 0.246 e. The standard InChI is InChI=1S/C11H18N2O2/c1-2-7-13-11(14)8-15-10-6-4-3-5-9(10)12/h1,9-10H,3-8,12H2,(H,13,14). The molecule has 1 amide bonds. The number of carbonyl (C=O) groups excluding carboxylic acids is 1. The van der Waals surface area contributed by atoms with Crippen LogP contribution in [0.15, 0.2) is 0 Å². The summed E-state index contributed by atoms with van der Waals surface area (Å²) in [7, 11) is 0. The largest absolute Gasteiger partial charge is 0.367 e. The van der Waals surface area contributed by atoms with E-state index in [0.29, 0.717) is 0 Å². The first kappa shape index (κ1) is 12.0. The van der Waals surface area contributed by atoms with Gasteiger partial charge in [-0.25, -0.2) is 0 Å². The summed E-state index contributed by atoms with van der Waals surface area (Å²) >= 11 is 0. The van der Waals surface area contributed by atoms with Crippen molar-refractivity contribution in [1.29, 1.82) is 0 Å². The number of rotatable bonds is 4. The Hall–Kier alpha value is -1.05. The highest BCUT2D eigenvalue weighted by atomic mass is 16.5. The lowest BCUT2D eigenvalue weighted by atomic mass is 9.93. The lowest BCUT2D eigenvalue weighted by molar-refractivity contribution is -0.128. The molecule has 2 atom stereocenters. The van der Waals surface area contributed by atoms with Crippen molar-refractivity contribution >= 4 is 5.91 Å². The number of hydrogen-bond acceptors (Lipinski definition) is 3. The van der Waals surface area contributed by atoms with Crippen molar-refractivity contribution in [3.63, 3.8) is 0 Å². The number of nitrogens with one attached hydrogen (secondary N) is 1. The van der Waals surface area contributed by atoms with Crippen molar-refractivity contribution < 1.29 is 9.53 Å². The van der Waals surface area contributed by atoms with Crippen molar-refractivity contribution in [3.8, 4) is 12.3 Å². The maximum atomic E-state index is 11.2. The highest BCUT2D eigenvalue weighted by Crippen LogP contribution is 2.19. The van der Waals surface area contributed by atoms with Gasteiger partial charge in [0.2, 0.25) is 5.91 Å². The van der Waals surface area contributed by atoms with Gasteiger partial charge in [0.05, 0.1) is 12.6 Å². The summed E-state index contributed by atoms with van der Waals surface area (Å²) in [5, 5.41) is 2.55. The summed E-state index contributed by atoms with van der Waals surface area (Å²) in [6.45, 7) is 0.305. The third-order valence-corrected chi connectivity index (χ3v) is 2.57. The van der Waals surface area contributed by atoms with E-state index < -0.39 is 0 Å². The van der Waals surface area contributed by atoms with Crippen molar-refractivity contribution in [3.05, 3.63) is 0 Å². The molecular formula is C11H18N2O2. The second-order valence-corrected chi connectivity index (χ2v) is 3.78. The molecule has 0 spiro atoms. The Morgan fingerprint density at radius 3 is 2.93 bits per heavy atom. The molecule has 1 rings (SSSR count). The molecule has 0 aromatic heterocycles. The summed E-state index contributed by atoms with van der Waals surface area (Å²) in [6.07, 6.45) is 9.25. The van der Waals surface area contributed by atoms with Gasteiger partial charge in [0.15, 0.2) is 0 Å². The highest BCUT2D eigenvalue weighted by molar-refractivity contribution is 5.77. The van der Waals surface area contributed by atoms with Crippen LogP contribution in [0.2, 0.25) is 0 Å². The molecule has 0 aromatic carbocycles. The molecule has 84 valence electrons. The number of nitrogens with two attached hydrogens (primary N) is 1. The van der Waals surface area contributed by atoms with Crippen LogP contribution in [0.4, 0.5) is 0 Å². The predicted octanol–water partition coefficient (Wildman–Crippen LogP) is 0.0223. The minimum Gasteiger partial charge on any atom is -0.367 e. The Morgan fingerprint density at radius 2 is 2.27 bits per heavy atom. The van der Waals surface area contributed by atoms with Crippen LogP contribution >= 0.6 is 0 Å². The van der Waals surface area contributed by atoms with Crippen LogP contribution in [0.25, 0.3) is 0 Å². The molecule has 1 saturated carbocycles. The van der Waals surface area contributed by atoms with E-state index in [1.807, 2.05) is 0 Å². The number of carbonyl (C=O) groups is 1. The Kier molecular flexibility index (Phi) is 5.16. The molecular weight excluding hydrogens is 192 g/mol. The molecule has 0 bridgehead atoms. The lowest BCUT2D eigenvalue weighted by Gasteiger charge is -2.28. The summed E-state index contributed by atoms with van der Waals surface area (Å²) in [5.41, 5.74) is 5.88. The van der Waals surface area contributed by atoms with E-state index in [0.717, 1.165) is 25.7 Å². The van der Waals surface area contributed by atoms with Crippen LogP contribution < -0.4 is 11.1 Å². The summed E-state index contributed by atoms with van der Waals surface area (Å²) < 4.78 is 5.45. The lowest BCUT2D eigenvalue weighted by Crippen LogP contribution is -2.41. The van der Waals surface area contributed by atoms with Gasteiger partial charge in [-0.1, -0.05) is 18.8 Å². The smallest absolute Gasteiger partial charge is 0.246 e. The zero-order chi connectivity index (χ0) is 11.1. The van der Waals surface area contributed by atoms with E-state index in [9.17, 15) is 4.79 Å². The zero-order valence-electron chi connectivity index (χ0n) is 8.87. The van der Waals surface area contributed by atoms with E-state index in [1.165, 1.54) is 0 Å². The average Bonchev–Trinajstić information content (AvgIpc) is 2.25. The van der Waals surface area contributed by atoms with Crippen molar-refractivity contribution in [2.45, 2.75) is 37.8 Å². The third-order valence-electron chi connectivity index (χ3n) is 2.57. The first-order chi connectivity index (χ1) is 7.24. The van der Waals surface area contributed by atoms with Crippen LogP contribution in [0, 0.1) is 12.3 Å². The van der Waals surface area contributed by atoms with Gasteiger partial charge in [-0.2, -0.15) is 0 Å². The van der Waals surface area contributed by atoms with E-state index in [2.05, 4.69) is 11.2 Å². The fourth-order valence-electron chi connectivity index (χ4n) is 1.72. The molecule has 1 aliphatic carbocycles. The molecule has 4 heteroatoms. The number of hydrogen-bond donors (Lipinski definition) is 2. The summed E-state index contributed by atoms with van der Waals surface area (Å²) in [5.74, 6) is 2.16. The number of ether oxygens (including phenoxy) is 1. The normalized spacial score (nSPS) is 25.6. The molecule has 0 aliphatic heterocycles. The highest BCUT2D eigenvalue weighted by Gasteiger charge is 2.22. The van der Waals surface area contributed by atoms with E-state index in [-0.39, 0.29) is 31.2 Å². The van der Waals surface area contributed by atoms with E-state index in [1.54, 1.807) is 0 Å². The van der Waals surface area contributed by atoms with Gasteiger partial charge in [-0.15, -0.1) is 6.42 Å². The molecule has 1 fully saturated rings. The quantitative estimate of drug-likeness (QED) is 0.643. The zero-order valence-corrected chi connectivity index (χ0v) is 8.87. The fourth-order valence-corrected chi connectivity index (χ4v) is 1.72. The minimum atomic E-state index is -0.175. The van der Waals surface area contributed by atoms with Gasteiger partial charge in [0.25, 0.3) is 0 Å². The SMILES string of the molecule is C#CCNC(=O)COC1CCCCC1N. The molecule has 1 aliphatic rings. The molecule has 15 heavy (non-hydrogen) atoms. The van der Waals surface area contributed by atoms with Crippen LogP contribution in [0.1, 0.15) is 25.7 Å². The molecule has 0 saturated heterocycles. The van der Waals surface area contributed by atoms with Crippen LogP contribution in [0.5, 0.6) is 0 Å². The first-order valence-electron chi connectivity index (χ1n) is 5.31. The number of terminal acetylenes is 1. The maximum absolute atomic E-state index is 11.2. The van der Waals surface area contributed by atoms with Crippen molar-refractivity contribution in [2.75, 3.05) is 13.2 Å². The van der Waals surface area contributed by atoms with Crippen molar-refractivity contribution in [1.82, 2.24) is 5.32 Å². The van der Waals surface area contributed by atoms with Crippen LogP contribution in [0.3, 0.4) is 0 Å². The molecule has 0 radical (unpaired) electrons. The van der Waals surface area contributed by atoms with Gasteiger partial charge >= 0.3 is 0 Å². The summed E-state index contributed by atoms with van der Waals surface area (Å²) in [6, 6.07) is 0.0687. The monoisotopic (exact) mass is 210 g/mol. The van der Waals surface area contributed by atoms with Gasteiger partial charge < -0.3 is 15.8 Å². The average molecular weight is 210 g/mol. The Labute approximate surface area is 90.5 Å². The molecule has 0 heterocycles. The minimum absolute atomic E-state index is 0.0235. The predicted molar refractivity (Wildman–Crippen MR) is 58.0 cm³/mol. The van der Waals surface area contributed by atoms with E-state index >= 15 is 0 Å². The third kappa shape index (κ3) is 4.32.